The quantitative estimate of drug-likeness (QED) is 0.922. The van der Waals surface area contributed by atoms with E-state index in [4.69, 9.17) is 5.11 Å². The van der Waals surface area contributed by atoms with Gasteiger partial charge in [-0.15, -0.1) is 0 Å². The van der Waals surface area contributed by atoms with Crippen LogP contribution >= 0.6 is 15.9 Å². The van der Waals surface area contributed by atoms with E-state index in [1.165, 1.54) is 6.07 Å². The standard InChI is InChI=1S/C13H10BrFN2O2/c14-9-4-7-2-1-3-10(15)11(7)16-12(9)17-5-8(6-17)13(18)19/h1-4,8H,5-6H2,(H,18,19). The summed E-state index contributed by atoms with van der Waals surface area (Å²) < 4.78 is 14.4. The van der Waals surface area contributed by atoms with Crippen molar-refractivity contribution >= 4 is 38.6 Å². The van der Waals surface area contributed by atoms with E-state index in [1.807, 2.05) is 4.90 Å². The smallest absolute Gasteiger partial charge is 0.310 e. The summed E-state index contributed by atoms with van der Waals surface area (Å²) >= 11 is 3.40. The van der Waals surface area contributed by atoms with Crippen LogP contribution in [0.3, 0.4) is 0 Å². The summed E-state index contributed by atoms with van der Waals surface area (Å²) in [6, 6.07) is 6.59. The molecule has 0 bridgehead atoms. The fraction of sp³-hybridized carbons (Fsp3) is 0.231. The number of hydrogen-bond donors (Lipinski definition) is 1. The van der Waals surface area contributed by atoms with E-state index in [9.17, 15) is 9.18 Å². The van der Waals surface area contributed by atoms with Gasteiger partial charge in [0.1, 0.15) is 17.2 Å². The monoisotopic (exact) mass is 324 g/mol. The van der Waals surface area contributed by atoms with E-state index in [0.29, 0.717) is 29.8 Å². The average molecular weight is 325 g/mol. The van der Waals surface area contributed by atoms with Gasteiger partial charge < -0.3 is 10.0 Å². The summed E-state index contributed by atoms with van der Waals surface area (Å²) in [5, 5.41) is 9.58. The Balaban J connectivity index is 1.99. The molecule has 0 radical (unpaired) electrons. The maximum Gasteiger partial charge on any atom is 0.310 e. The van der Waals surface area contributed by atoms with Gasteiger partial charge in [-0.2, -0.15) is 0 Å². The van der Waals surface area contributed by atoms with Gasteiger partial charge in [0.25, 0.3) is 0 Å². The molecule has 0 unspecified atom stereocenters. The summed E-state index contributed by atoms with van der Waals surface area (Å²) in [7, 11) is 0. The summed E-state index contributed by atoms with van der Waals surface area (Å²) in [6.07, 6.45) is 0. The highest BCUT2D eigenvalue weighted by atomic mass is 79.9. The maximum atomic E-state index is 13.7. The molecule has 6 heteroatoms. The Kier molecular flexibility index (Phi) is 2.89. The maximum absolute atomic E-state index is 13.7. The number of carboxylic acids is 1. The highest BCUT2D eigenvalue weighted by Gasteiger charge is 2.34. The highest BCUT2D eigenvalue weighted by Crippen LogP contribution is 2.33. The van der Waals surface area contributed by atoms with Crippen LogP contribution in [0.1, 0.15) is 0 Å². The average Bonchev–Trinajstić information content (AvgIpc) is 2.28. The first-order chi connectivity index (χ1) is 9.06. The minimum absolute atomic E-state index is 0.305. The first-order valence-corrected chi connectivity index (χ1v) is 6.58. The Bertz CT molecular complexity index is 671. The summed E-state index contributed by atoms with van der Waals surface area (Å²) in [6.45, 7) is 0.807. The van der Waals surface area contributed by atoms with Crippen molar-refractivity contribution in [3.8, 4) is 0 Å². The van der Waals surface area contributed by atoms with Crippen LogP contribution in [0, 0.1) is 11.7 Å². The second kappa shape index (κ2) is 4.45. The van der Waals surface area contributed by atoms with Crippen molar-refractivity contribution in [2.24, 2.45) is 5.92 Å². The van der Waals surface area contributed by atoms with Crippen molar-refractivity contribution in [1.29, 1.82) is 0 Å². The molecule has 3 rings (SSSR count). The second-order valence-electron chi connectivity index (χ2n) is 4.55. The second-order valence-corrected chi connectivity index (χ2v) is 5.40. The first-order valence-electron chi connectivity index (χ1n) is 5.79. The molecule has 19 heavy (non-hydrogen) atoms. The Hall–Kier alpha value is -1.69. The van der Waals surface area contributed by atoms with Crippen LogP contribution in [0.25, 0.3) is 10.9 Å². The molecule has 0 spiro atoms. The fourth-order valence-corrected chi connectivity index (χ4v) is 2.74. The zero-order chi connectivity index (χ0) is 13.6. The largest absolute Gasteiger partial charge is 0.481 e. The van der Waals surface area contributed by atoms with Crippen molar-refractivity contribution in [3.05, 3.63) is 34.6 Å². The molecule has 1 aromatic heterocycles. The molecule has 1 aromatic carbocycles. The van der Waals surface area contributed by atoms with E-state index < -0.39 is 5.97 Å². The van der Waals surface area contributed by atoms with E-state index in [2.05, 4.69) is 20.9 Å². The number of carboxylic acid groups (broad SMARTS) is 1. The van der Waals surface area contributed by atoms with Gasteiger partial charge in [0, 0.05) is 18.5 Å². The Morgan fingerprint density at radius 2 is 2.21 bits per heavy atom. The lowest BCUT2D eigenvalue weighted by atomic mass is 10.0. The lowest BCUT2D eigenvalue weighted by molar-refractivity contribution is -0.142. The predicted molar refractivity (Wildman–Crippen MR) is 72.7 cm³/mol. The van der Waals surface area contributed by atoms with Crippen LogP contribution in [-0.2, 0) is 4.79 Å². The van der Waals surface area contributed by atoms with E-state index >= 15 is 0 Å². The molecule has 2 heterocycles. The normalized spacial score (nSPS) is 15.6. The van der Waals surface area contributed by atoms with Crippen LogP contribution in [-0.4, -0.2) is 29.1 Å². The number of benzene rings is 1. The molecule has 1 fully saturated rings. The van der Waals surface area contributed by atoms with Crippen molar-refractivity contribution < 1.29 is 14.3 Å². The summed E-state index contributed by atoms with van der Waals surface area (Å²) in [4.78, 5) is 16.9. The zero-order valence-corrected chi connectivity index (χ0v) is 11.4. The number of halogens is 2. The molecule has 4 nitrogen and oxygen atoms in total. The van der Waals surface area contributed by atoms with Crippen LogP contribution in [0.5, 0.6) is 0 Å². The predicted octanol–water partition coefficient (Wildman–Crippen LogP) is 2.66. The molecule has 1 aliphatic heterocycles. The van der Waals surface area contributed by atoms with Crippen LogP contribution in [0.2, 0.25) is 0 Å². The van der Waals surface area contributed by atoms with Gasteiger partial charge in [-0.1, -0.05) is 12.1 Å². The van der Waals surface area contributed by atoms with Gasteiger partial charge in [0.05, 0.1) is 10.4 Å². The van der Waals surface area contributed by atoms with Gasteiger partial charge in [0.2, 0.25) is 0 Å². The lowest BCUT2D eigenvalue weighted by Crippen LogP contribution is -2.51. The molecular weight excluding hydrogens is 315 g/mol. The fourth-order valence-electron chi connectivity index (χ4n) is 2.16. The van der Waals surface area contributed by atoms with Crippen LogP contribution < -0.4 is 4.90 Å². The number of anilines is 1. The van der Waals surface area contributed by atoms with E-state index in [-0.39, 0.29) is 11.7 Å². The number of aromatic nitrogens is 1. The van der Waals surface area contributed by atoms with Crippen molar-refractivity contribution in [2.45, 2.75) is 0 Å². The van der Waals surface area contributed by atoms with Gasteiger partial charge in [-0.25, -0.2) is 9.37 Å². The molecule has 1 N–H and O–H groups in total. The van der Waals surface area contributed by atoms with Gasteiger partial charge in [-0.3, -0.25) is 4.79 Å². The number of pyridine rings is 1. The molecular formula is C13H10BrFN2O2. The summed E-state index contributed by atoms with van der Waals surface area (Å²) in [5.74, 6) is -0.957. The first kappa shape index (κ1) is 12.3. The number of rotatable bonds is 2. The Labute approximate surface area is 117 Å². The third-order valence-electron chi connectivity index (χ3n) is 3.26. The number of carbonyl (C=O) groups is 1. The molecule has 0 saturated carbocycles. The number of fused-ring (bicyclic) bond motifs is 1. The van der Waals surface area contributed by atoms with Crippen LogP contribution in [0.15, 0.2) is 28.7 Å². The van der Waals surface area contributed by atoms with Crippen molar-refractivity contribution in [1.82, 2.24) is 4.98 Å². The molecule has 2 aromatic rings. The Morgan fingerprint density at radius 1 is 1.47 bits per heavy atom. The number of hydrogen-bond acceptors (Lipinski definition) is 3. The molecule has 0 aliphatic carbocycles. The minimum atomic E-state index is -0.806. The molecule has 1 saturated heterocycles. The molecule has 0 amide bonds. The SMILES string of the molecule is O=C(O)C1CN(c2nc3c(F)cccc3cc2Br)C1. The topological polar surface area (TPSA) is 53.4 Å². The Morgan fingerprint density at radius 3 is 2.89 bits per heavy atom. The third kappa shape index (κ3) is 2.06. The van der Waals surface area contributed by atoms with Crippen molar-refractivity contribution in [2.75, 3.05) is 18.0 Å². The third-order valence-corrected chi connectivity index (χ3v) is 3.85. The zero-order valence-electron chi connectivity index (χ0n) is 9.81. The van der Waals surface area contributed by atoms with Crippen LogP contribution in [0.4, 0.5) is 10.2 Å². The number of nitrogens with zero attached hydrogens (tertiary/aromatic N) is 2. The van der Waals surface area contributed by atoms with Crippen molar-refractivity contribution in [3.63, 3.8) is 0 Å². The molecule has 1 aliphatic rings. The molecule has 98 valence electrons. The number of aliphatic carboxylic acids is 1. The molecule has 0 atom stereocenters. The minimum Gasteiger partial charge on any atom is -0.481 e. The number of para-hydroxylation sites is 1. The van der Waals surface area contributed by atoms with Gasteiger partial charge in [0.15, 0.2) is 0 Å². The highest BCUT2D eigenvalue weighted by molar-refractivity contribution is 9.10. The van der Waals surface area contributed by atoms with Gasteiger partial charge in [-0.05, 0) is 28.1 Å². The van der Waals surface area contributed by atoms with Gasteiger partial charge >= 0.3 is 5.97 Å². The summed E-state index contributed by atoms with van der Waals surface area (Å²) in [5.41, 5.74) is 0.305. The van der Waals surface area contributed by atoms with E-state index in [0.717, 1.165) is 4.47 Å². The lowest BCUT2D eigenvalue weighted by Gasteiger charge is -2.38. The van der Waals surface area contributed by atoms with E-state index in [1.54, 1.807) is 18.2 Å².